The highest BCUT2D eigenvalue weighted by Gasteiger charge is 2.25. The number of nitrogens with zero attached hydrogens (tertiary/aromatic N) is 2. The Kier molecular flexibility index (Phi) is 4.31. The number of nitrogens with one attached hydrogen (secondary N) is 1. The minimum atomic E-state index is -0.226. The van der Waals surface area contributed by atoms with Gasteiger partial charge in [-0.3, -0.25) is 9.79 Å². The molecule has 1 atom stereocenters. The molecule has 1 aliphatic heterocycles. The van der Waals surface area contributed by atoms with Crippen LogP contribution in [-0.2, 0) is 0 Å². The van der Waals surface area contributed by atoms with Crippen LogP contribution in [0.2, 0.25) is 0 Å². The molecule has 6 heteroatoms. The summed E-state index contributed by atoms with van der Waals surface area (Å²) in [4.78, 5) is 19.1. The number of aliphatic imine (C=N–C) groups is 1. The molecular formula is C20H19N3O3. The highest BCUT2D eigenvalue weighted by atomic mass is 16.3. The number of benzodiazepines with no additional fused rings is 1. The molecule has 4 rings (SSSR count). The second-order valence-electron chi connectivity index (χ2n) is 6.14. The minimum absolute atomic E-state index is 0.0162. The predicted octanol–water partition coefficient (Wildman–Crippen LogP) is 2.96. The molecule has 0 aliphatic carbocycles. The number of carbonyl (C=O) groups excluding carboxylic acids is 1. The largest absolute Gasteiger partial charge is 0.463 e. The van der Waals surface area contributed by atoms with Crippen molar-refractivity contribution in [2.24, 2.45) is 4.99 Å². The van der Waals surface area contributed by atoms with Gasteiger partial charge in [0.05, 0.1) is 25.1 Å². The highest BCUT2D eigenvalue weighted by molar-refractivity contribution is 6.14. The van der Waals surface area contributed by atoms with Gasteiger partial charge in [-0.2, -0.15) is 0 Å². The Bertz CT molecular complexity index is 914. The van der Waals surface area contributed by atoms with E-state index < -0.39 is 0 Å². The fourth-order valence-electron chi connectivity index (χ4n) is 3.11. The van der Waals surface area contributed by atoms with Crippen LogP contribution in [0.25, 0.3) is 0 Å². The zero-order valence-corrected chi connectivity index (χ0v) is 14.4. The van der Waals surface area contributed by atoms with Gasteiger partial charge in [0.1, 0.15) is 5.71 Å². The average Bonchev–Trinajstić information content (AvgIpc) is 3.36. The van der Waals surface area contributed by atoms with E-state index >= 15 is 0 Å². The molecular weight excluding hydrogens is 330 g/mol. The van der Waals surface area contributed by atoms with Gasteiger partial charge >= 0.3 is 0 Å². The molecule has 1 unspecified atom stereocenters. The van der Waals surface area contributed by atoms with E-state index in [1.165, 1.54) is 6.26 Å². The van der Waals surface area contributed by atoms with Gasteiger partial charge in [0.2, 0.25) is 0 Å². The Labute approximate surface area is 151 Å². The second-order valence-corrected chi connectivity index (χ2v) is 6.14. The number of furan rings is 2. The summed E-state index contributed by atoms with van der Waals surface area (Å²) in [5, 5.41) is 2.93. The minimum Gasteiger partial charge on any atom is -0.463 e. The number of benzene rings is 1. The molecule has 26 heavy (non-hydrogen) atoms. The number of hydrogen-bond donors (Lipinski definition) is 1. The predicted molar refractivity (Wildman–Crippen MR) is 98.9 cm³/mol. The number of likely N-dealkylation sites (N-methyl/N-ethyl adjacent to an activating group) is 1. The molecule has 1 aromatic carbocycles. The molecule has 1 amide bonds. The first-order chi connectivity index (χ1) is 12.7. The normalized spacial score (nSPS) is 16.6. The van der Waals surface area contributed by atoms with Gasteiger partial charge in [-0.15, -0.1) is 0 Å². The lowest BCUT2D eigenvalue weighted by atomic mass is 10.1. The van der Waals surface area contributed by atoms with E-state index in [0.29, 0.717) is 18.8 Å². The van der Waals surface area contributed by atoms with E-state index in [9.17, 15) is 4.79 Å². The molecule has 2 aromatic heterocycles. The van der Waals surface area contributed by atoms with E-state index in [2.05, 4.69) is 16.3 Å². The number of fused-ring (bicyclic) bond motifs is 1. The summed E-state index contributed by atoms with van der Waals surface area (Å²) in [6, 6.07) is 15.2. The summed E-state index contributed by atoms with van der Waals surface area (Å²) in [6.07, 6.45) is 3.14. The smallest absolute Gasteiger partial charge is 0.287 e. The summed E-state index contributed by atoms with van der Waals surface area (Å²) in [5.74, 6) is 0.823. The molecule has 0 saturated carbocycles. The summed E-state index contributed by atoms with van der Waals surface area (Å²) in [7, 11) is 2.02. The van der Waals surface area contributed by atoms with Crippen molar-refractivity contribution in [1.29, 1.82) is 0 Å². The number of rotatable bonds is 4. The third-order valence-corrected chi connectivity index (χ3v) is 4.54. The van der Waals surface area contributed by atoms with E-state index in [-0.39, 0.29) is 11.9 Å². The quantitative estimate of drug-likeness (QED) is 0.786. The molecule has 0 fully saturated rings. The Morgan fingerprint density at radius 2 is 1.96 bits per heavy atom. The fraction of sp³-hybridized carbons (Fsp3) is 0.200. The van der Waals surface area contributed by atoms with Gasteiger partial charge in [0.15, 0.2) is 11.5 Å². The maximum absolute atomic E-state index is 12.2. The number of para-hydroxylation sites is 1. The van der Waals surface area contributed by atoms with Crippen LogP contribution in [0.4, 0.5) is 5.69 Å². The first-order valence-electron chi connectivity index (χ1n) is 8.46. The van der Waals surface area contributed by atoms with Gasteiger partial charge in [0, 0.05) is 24.8 Å². The summed E-state index contributed by atoms with van der Waals surface area (Å²) in [5.41, 5.74) is 2.90. The molecule has 0 radical (unpaired) electrons. The Morgan fingerprint density at radius 1 is 1.15 bits per heavy atom. The molecule has 1 N–H and O–H groups in total. The van der Waals surface area contributed by atoms with Crippen molar-refractivity contribution >= 4 is 17.3 Å². The van der Waals surface area contributed by atoms with E-state index in [0.717, 1.165) is 22.7 Å². The first-order valence-corrected chi connectivity index (χ1v) is 8.46. The van der Waals surface area contributed by atoms with Crippen molar-refractivity contribution in [2.75, 3.05) is 25.0 Å². The Morgan fingerprint density at radius 3 is 2.73 bits per heavy atom. The van der Waals surface area contributed by atoms with Crippen molar-refractivity contribution < 1.29 is 13.6 Å². The van der Waals surface area contributed by atoms with E-state index in [4.69, 9.17) is 13.8 Å². The zero-order chi connectivity index (χ0) is 17.9. The second kappa shape index (κ2) is 6.92. The summed E-state index contributed by atoms with van der Waals surface area (Å²) < 4.78 is 10.7. The Balaban J connectivity index is 1.59. The molecule has 132 valence electrons. The van der Waals surface area contributed by atoms with Gasteiger partial charge in [-0.25, -0.2) is 0 Å². The molecule has 1 aliphatic rings. The van der Waals surface area contributed by atoms with Crippen LogP contribution in [0, 0.1) is 0 Å². The van der Waals surface area contributed by atoms with Crippen LogP contribution in [0.5, 0.6) is 0 Å². The van der Waals surface area contributed by atoms with E-state index in [1.807, 2.05) is 37.4 Å². The molecule has 0 saturated heterocycles. The van der Waals surface area contributed by atoms with E-state index in [1.54, 1.807) is 18.4 Å². The van der Waals surface area contributed by atoms with Crippen LogP contribution in [0.15, 0.2) is 74.9 Å². The molecule has 3 aromatic rings. The van der Waals surface area contributed by atoms with Crippen molar-refractivity contribution in [2.45, 2.75) is 6.04 Å². The molecule has 6 nitrogen and oxygen atoms in total. The lowest BCUT2D eigenvalue weighted by Crippen LogP contribution is -2.43. The SMILES string of the molecule is CN1c2ccccc2C(c2ccco2)=NCC1CNC(=O)c1ccco1. The third kappa shape index (κ3) is 3.01. The molecule has 0 bridgehead atoms. The standard InChI is InChI=1S/C20H19N3O3/c1-23-14(13-22-20(24)18-9-5-11-26-18)12-21-19(17-8-4-10-25-17)15-6-2-3-7-16(15)23/h2-11,14H,12-13H2,1H3,(H,22,24). The topological polar surface area (TPSA) is 71.0 Å². The molecule has 0 spiro atoms. The lowest BCUT2D eigenvalue weighted by Gasteiger charge is -2.28. The summed E-state index contributed by atoms with van der Waals surface area (Å²) in [6.45, 7) is 0.999. The summed E-state index contributed by atoms with van der Waals surface area (Å²) >= 11 is 0. The maximum Gasteiger partial charge on any atom is 0.287 e. The van der Waals surface area contributed by atoms with Gasteiger partial charge in [-0.1, -0.05) is 18.2 Å². The average molecular weight is 349 g/mol. The van der Waals surface area contributed by atoms with Crippen molar-refractivity contribution in [3.63, 3.8) is 0 Å². The van der Waals surface area contributed by atoms with Crippen LogP contribution in [0.3, 0.4) is 0 Å². The number of anilines is 1. The number of hydrogen-bond acceptors (Lipinski definition) is 5. The Hall–Kier alpha value is -3.28. The van der Waals surface area contributed by atoms with Gasteiger partial charge in [0.25, 0.3) is 5.91 Å². The van der Waals surface area contributed by atoms with Crippen molar-refractivity contribution in [3.05, 3.63) is 78.1 Å². The number of carbonyl (C=O) groups is 1. The van der Waals surface area contributed by atoms with Crippen LogP contribution in [-0.4, -0.2) is 37.8 Å². The van der Waals surface area contributed by atoms with Crippen LogP contribution >= 0.6 is 0 Å². The fourth-order valence-corrected chi connectivity index (χ4v) is 3.11. The molecule has 3 heterocycles. The van der Waals surface area contributed by atoms with Crippen molar-refractivity contribution in [3.8, 4) is 0 Å². The number of amides is 1. The third-order valence-electron chi connectivity index (χ3n) is 4.54. The van der Waals surface area contributed by atoms with Crippen LogP contribution < -0.4 is 10.2 Å². The van der Waals surface area contributed by atoms with Crippen LogP contribution in [0.1, 0.15) is 21.9 Å². The highest BCUT2D eigenvalue weighted by Crippen LogP contribution is 2.27. The van der Waals surface area contributed by atoms with Gasteiger partial charge in [-0.05, 0) is 30.3 Å². The monoisotopic (exact) mass is 349 g/mol. The van der Waals surface area contributed by atoms with Crippen molar-refractivity contribution in [1.82, 2.24) is 5.32 Å². The lowest BCUT2D eigenvalue weighted by molar-refractivity contribution is 0.0923. The van der Waals surface area contributed by atoms with Gasteiger partial charge < -0.3 is 19.1 Å². The maximum atomic E-state index is 12.2. The first kappa shape index (κ1) is 16.2. The zero-order valence-electron chi connectivity index (χ0n) is 14.4.